The van der Waals surface area contributed by atoms with Gasteiger partial charge < -0.3 is 5.32 Å². The van der Waals surface area contributed by atoms with Gasteiger partial charge in [0.1, 0.15) is 0 Å². The minimum atomic E-state index is -3.82. The Kier molecular flexibility index (Phi) is 6.03. The van der Waals surface area contributed by atoms with Crippen LogP contribution in [0.25, 0.3) is 0 Å². The Balaban J connectivity index is 1.85. The van der Waals surface area contributed by atoms with Gasteiger partial charge in [-0.05, 0) is 60.4 Å². The summed E-state index contributed by atoms with van der Waals surface area (Å²) in [5.74, 6) is -0.0742. The van der Waals surface area contributed by atoms with E-state index in [0.717, 1.165) is 11.1 Å². The van der Waals surface area contributed by atoms with Gasteiger partial charge in [-0.3, -0.25) is 9.52 Å². The van der Waals surface area contributed by atoms with Crippen molar-refractivity contribution in [2.75, 3.05) is 10.0 Å². The Hall–Kier alpha value is -3.12. The zero-order valence-corrected chi connectivity index (χ0v) is 17.5. The minimum Gasteiger partial charge on any atom is -0.322 e. The molecule has 3 aromatic rings. The molecule has 0 aromatic heterocycles. The third-order valence-corrected chi connectivity index (χ3v) is 5.93. The van der Waals surface area contributed by atoms with E-state index in [4.69, 9.17) is 0 Å². The Morgan fingerprint density at radius 1 is 0.897 bits per heavy atom. The van der Waals surface area contributed by atoms with Crippen LogP contribution in [0.4, 0.5) is 11.4 Å². The van der Waals surface area contributed by atoms with Crippen molar-refractivity contribution in [2.24, 2.45) is 0 Å². The number of carbonyl (C=O) groups is 1. The van der Waals surface area contributed by atoms with Crippen LogP contribution in [0, 0.1) is 6.92 Å². The van der Waals surface area contributed by atoms with Gasteiger partial charge in [0.05, 0.1) is 16.1 Å². The van der Waals surface area contributed by atoms with Crippen molar-refractivity contribution in [1.82, 2.24) is 0 Å². The van der Waals surface area contributed by atoms with Crippen molar-refractivity contribution in [3.05, 3.63) is 89.5 Å². The van der Waals surface area contributed by atoms with E-state index in [9.17, 15) is 13.2 Å². The van der Waals surface area contributed by atoms with Gasteiger partial charge in [-0.1, -0.05) is 50.2 Å². The Labute approximate surface area is 171 Å². The summed E-state index contributed by atoms with van der Waals surface area (Å²) in [6.45, 7) is 6.03. The number of carbonyl (C=O) groups excluding carboxylic acids is 1. The highest BCUT2D eigenvalue weighted by molar-refractivity contribution is 7.92. The molecule has 6 heteroatoms. The number of aryl methyl sites for hydroxylation is 1. The third kappa shape index (κ3) is 5.03. The monoisotopic (exact) mass is 408 g/mol. The molecule has 0 fully saturated rings. The van der Waals surface area contributed by atoms with Gasteiger partial charge in [0, 0.05) is 5.69 Å². The summed E-state index contributed by atoms with van der Waals surface area (Å²) >= 11 is 0. The molecule has 29 heavy (non-hydrogen) atoms. The second kappa shape index (κ2) is 8.49. The third-order valence-electron chi connectivity index (χ3n) is 4.55. The summed E-state index contributed by atoms with van der Waals surface area (Å²) in [5.41, 5.74) is 3.20. The van der Waals surface area contributed by atoms with Gasteiger partial charge in [-0.15, -0.1) is 0 Å². The molecule has 150 valence electrons. The van der Waals surface area contributed by atoms with Crippen molar-refractivity contribution >= 4 is 27.3 Å². The summed E-state index contributed by atoms with van der Waals surface area (Å²) < 4.78 is 28.2. The molecule has 0 radical (unpaired) electrons. The van der Waals surface area contributed by atoms with E-state index in [1.165, 1.54) is 0 Å². The molecule has 0 aliphatic carbocycles. The zero-order chi connectivity index (χ0) is 21.0. The first-order valence-corrected chi connectivity index (χ1v) is 10.8. The first-order valence-electron chi connectivity index (χ1n) is 9.36. The standard InChI is InChI=1S/C23H24N2O3S/c1-16(2)18-11-13-20(14-12-18)29(27,28)25-22-10-5-4-9-21(22)23(26)24-19-8-6-7-17(3)15-19/h4-16,25H,1-3H3,(H,24,26). The molecule has 2 N–H and O–H groups in total. The second-order valence-electron chi connectivity index (χ2n) is 7.20. The van der Waals surface area contributed by atoms with Crippen LogP contribution in [0.2, 0.25) is 0 Å². The first-order chi connectivity index (χ1) is 13.8. The van der Waals surface area contributed by atoms with Crippen LogP contribution in [0.3, 0.4) is 0 Å². The van der Waals surface area contributed by atoms with Crippen molar-refractivity contribution in [3.63, 3.8) is 0 Å². The maximum atomic E-state index is 12.8. The molecule has 3 aromatic carbocycles. The Morgan fingerprint density at radius 2 is 1.59 bits per heavy atom. The van der Waals surface area contributed by atoms with Crippen LogP contribution in [0.15, 0.2) is 77.7 Å². The number of anilines is 2. The van der Waals surface area contributed by atoms with E-state index < -0.39 is 10.0 Å². The first kappa shape index (κ1) is 20.6. The lowest BCUT2D eigenvalue weighted by Crippen LogP contribution is -2.18. The highest BCUT2D eigenvalue weighted by Crippen LogP contribution is 2.23. The summed E-state index contributed by atoms with van der Waals surface area (Å²) in [7, 11) is -3.82. The summed E-state index contributed by atoms with van der Waals surface area (Å²) in [6, 6.07) is 20.7. The fraction of sp³-hybridized carbons (Fsp3) is 0.174. The van der Waals surface area contributed by atoms with Crippen LogP contribution >= 0.6 is 0 Å². The normalized spacial score (nSPS) is 11.3. The fourth-order valence-electron chi connectivity index (χ4n) is 2.93. The molecule has 1 amide bonds. The van der Waals surface area contributed by atoms with Gasteiger partial charge in [0.2, 0.25) is 0 Å². The average Bonchev–Trinajstić information content (AvgIpc) is 2.68. The lowest BCUT2D eigenvalue weighted by atomic mass is 10.0. The van der Waals surface area contributed by atoms with Gasteiger partial charge >= 0.3 is 0 Å². The molecule has 0 atom stereocenters. The van der Waals surface area contributed by atoms with E-state index in [-0.39, 0.29) is 22.1 Å². The molecule has 0 bridgehead atoms. The second-order valence-corrected chi connectivity index (χ2v) is 8.88. The predicted octanol–water partition coefficient (Wildman–Crippen LogP) is 5.17. The molecule has 0 saturated heterocycles. The number of sulfonamides is 1. The number of benzene rings is 3. The molecule has 5 nitrogen and oxygen atoms in total. The van der Waals surface area contributed by atoms with Gasteiger partial charge in [-0.25, -0.2) is 8.42 Å². The molecule has 3 rings (SSSR count). The number of para-hydroxylation sites is 1. The van der Waals surface area contributed by atoms with Crippen molar-refractivity contribution in [2.45, 2.75) is 31.6 Å². The molecular formula is C23H24N2O3S. The molecule has 0 aliphatic rings. The van der Waals surface area contributed by atoms with E-state index in [1.54, 1.807) is 54.6 Å². The summed E-state index contributed by atoms with van der Waals surface area (Å²) in [6.07, 6.45) is 0. The molecule has 0 unspecified atom stereocenters. The summed E-state index contributed by atoms with van der Waals surface area (Å²) in [4.78, 5) is 12.9. The molecule has 0 aliphatic heterocycles. The smallest absolute Gasteiger partial charge is 0.261 e. The predicted molar refractivity (Wildman–Crippen MR) is 117 cm³/mol. The maximum absolute atomic E-state index is 12.8. The zero-order valence-electron chi connectivity index (χ0n) is 16.6. The molecular weight excluding hydrogens is 384 g/mol. The van der Waals surface area contributed by atoms with Crippen LogP contribution in [-0.2, 0) is 10.0 Å². The largest absolute Gasteiger partial charge is 0.322 e. The van der Waals surface area contributed by atoms with Gasteiger partial charge in [0.15, 0.2) is 0 Å². The van der Waals surface area contributed by atoms with E-state index in [1.807, 2.05) is 39.0 Å². The highest BCUT2D eigenvalue weighted by atomic mass is 32.2. The van der Waals surface area contributed by atoms with E-state index >= 15 is 0 Å². The van der Waals surface area contributed by atoms with Crippen LogP contribution in [0.1, 0.15) is 41.3 Å². The maximum Gasteiger partial charge on any atom is 0.261 e. The SMILES string of the molecule is Cc1cccc(NC(=O)c2ccccc2NS(=O)(=O)c2ccc(C(C)C)cc2)c1. The van der Waals surface area contributed by atoms with Gasteiger partial charge in [-0.2, -0.15) is 0 Å². The number of hydrogen-bond donors (Lipinski definition) is 2. The highest BCUT2D eigenvalue weighted by Gasteiger charge is 2.19. The minimum absolute atomic E-state index is 0.149. The topological polar surface area (TPSA) is 75.3 Å². The van der Waals surface area contributed by atoms with Gasteiger partial charge in [0.25, 0.3) is 15.9 Å². The van der Waals surface area contributed by atoms with Crippen LogP contribution in [-0.4, -0.2) is 14.3 Å². The summed E-state index contributed by atoms with van der Waals surface area (Å²) in [5, 5.41) is 2.81. The number of amides is 1. The van der Waals surface area contributed by atoms with Crippen molar-refractivity contribution in [3.8, 4) is 0 Å². The Morgan fingerprint density at radius 3 is 2.24 bits per heavy atom. The van der Waals surface area contributed by atoms with Crippen molar-refractivity contribution in [1.29, 1.82) is 0 Å². The number of hydrogen-bond acceptors (Lipinski definition) is 3. The quantitative estimate of drug-likeness (QED) is 0.591. The lowest BCUT2D eigenvalue weighted by molar-refractivity contribution is 0.102. The molecule has 0 spiro atoms. The Bertz CT molecular complexity index is 1120. The van der Waals surface area contributed by atoms with Crippen LogP contribution in [0.5, 0.6) is 0 Å². The fourth-order valence-corrected chi connectivity index (χ4v) is 4.01. The molecule has 0 saturated carbocycles. The number of rotatable bonds is 6. The van der Waals surface area contributed by atoms with Crippen LogP contribution < -0.4 is 10.0 Å². The van der Waals surface area contributed by atoms with E-state index in [2.05, 4.69) is 10.0 Å². The van der Waals surface area contributed by atoms with Crippen molar-refractivity contribution < 1.29 is 13.2 Å². The lowest BCUT2D eigenvalue weighted by Gasteiger charge is -2.14. The molecule has 0 heterocycles. The number of nitrogens with one attached hydrogen (secondary N) is 2. The average molecular weight is 409 g/mol. The van der Waals surface area contributed by atoms with E-state index in [0.29, 0.717) is 11.6 Å².